The molecule has 1 aliphatic carbocycles. The Balaban J connectivity index is 1.61. The van der Waals surface area contributed by atoms with Crippen molar-refractivity contribution in [1.82, 2.24) is 0 Å². The molecular formula is C14H24O. The smallest absolute Gasteiger partial charge is 0.115 e. The number of hydrogen-bond acceptors (Lipinski definition) is 1. The second-order valence-electron chi connectivity index (χ2n) is 5.16. The average Bonchev–Trinajstić information content (AvgIpc) is 2.81. The molecule has 0 aromatic carbocycles. The van der Waals surface area contributed by atoms with Gasteiger partial charge in [0, 0.05) is 0 Å². The Morgan fingerprint density at radius 3 is 2.73 bits per heavy atom. The molecule has 1 heterocycles. The molecule has 0 N–H and O–H groups in total. The fraction of sp³-hybridized carbons (Fsp3) is 0.857. The lowest BCUT2D eigenvalue weighted by Gasteiger charge is -2.12. The van der Waals surface area contributed by atoms with Gasteiger partial charge < -0.3 is 4.74 Å². The summed E-state index contributed by atoms with van der Waals surface area (Å²) in [5.74, 6) is 0. The van der Waals surface area contributed by atoms with Gasteiger partial charge in [-0.15, -0.1) is 0 Å². The zero-order chi connectivity index (χ0) is 10.7. The zero-order valence-corrected chi connectivity index (χ0v) is 10.1. The molecule has 15 heavy (non-hydrogen) atoms. The maximum Gasteiger partial charge on any atom is 0.115 e. The van der Waals surface area contributed by atoms with E-state index < -0.39 is 0 Å². The second kappa shape index (κ2) is 4.69. The molecular weight excluding hydrogens is 184 g/mol. The SMILES string of the molecule is C=C(CCCCCCC)C12CCCC1O2. The fourth-order valence-electron chi connectivity index (χ4n) is 2.92. The molecule has 2 aliphatic rings. The first-order valence-corrected chi connectivity index (χ1v) is 6.65. The first kappa shape index (κ1) is 11.2. The lowest BCUT2D eigenvalue weighted by Crippen LogP contribution is -2.12. The van der Waals surface area contributed by atoms with Gasteiger partial charge in [-0.25, -0.2) is 0 Å². The summed E-state index contributed by atoms with van der Waals surface area (Å²) in [4.78, 5) is 0. The monoisotopic (exact) mass is 208 g/mol. The Kier molecular flexibility index (Phi) is 3.50. The van der Waals surface area contributed by atoms with Crippen LogP contribution in [0.5, 0.6) is 0 Å². The van der Waals surface area contributed by atoms with Crippen LogP contribution in [-0.4, -0.2) is 11.7 Å². The molecule has 2 fully saturated rings. The van der Waals surface area contributed by atoms with Crippen LogP contribution in [0.4, 0.5) is 0 Å². The van der Waals surface area contributed by atoms with Gasteiger partial charge in [0.05, 0.1) is 6.10 Å². The predicted molar refractivity (Wildman–Crippen MR) is 64.0 cm³/mol. The fourth-order valence-corrected chi connectivity index (χ4v) is 2.92. The molecule has 0 spiro atoms. The van der Waals surface area contributed by atoms with Crippen LogP contribution in [-0.2, 0) is 4.74 Å². The molecule has 2 rings (SSSR count). The zero-order valence-electron chi connectivity index (χ0n) is 10.1. The highest BCUT2D eigenvalue weighted by Crippen LogP contribution is 2.54. The van der Waals surface area contributed by atoms with Crippen molar-refractivity contribution in [1.29, 1.82) is 0 Å². The highest BCUT2D eigenvalue weighted by Gasteiger charge is 2.60. The molecule has 0 aromatic rings. The van der Waals surface area contributed by atoms with Crippen LogP contribution in [0.2, 0.25) is 0 Å². The number of fused-ring (bicyclic) bond motifs is 1. The van der Waals surface area contributed by atoms with E-state index in [9.17, 15) is 0 Å². The molecule has 2 unspecified atom stereocenters. The summed E-state index contributed by atoms with van der Waals surface area (Å²) < 4.78 is 5.78. The third kappa shape index (κ3) is 2.28. The molecule has 1 heteroatoms. The van der Waals surface area contributed by atoms with Crippen LogP contribution < -0.4 is 0 Å². The molecule has 1 saturated heterocycles. The van der Waals surface area contributed by atoms with Crippen molar-refractivity contribution in [2.75, 3.05) is 0 Å². The summed E-state index contributed by atoms with van der Waals surface area (Å²) >= 11 is 0. The van der Waals surface area contributed by atoms with E-state index in [4.69, 9.17) is 4.74 Å². The summed E-state index contributed by atoms with van der Waals surface area (Å²) in [5.41, 5.74) is 1.56. The van der Waals surface area contributed by atoms with Crippen LogP contribution >= 0.6 is 0 Å². The van der Waals surface area contributed by atoms with Crippen molar-refractivity contribution < 1.29 is 4.74 Å². The minimum atomic E-state index is 0.171. The van der Waals surface area contributed by atoms with Crippen molar-refractivity contribution >= 4 is 0 Å². The van der Waals surface area contributed by atoms with Crippen LogP contribution in [0.25, 0.3) is 0 Å². The number of rotatable bonds is 7. The van der Waals surface area contributed by atoms with Crippen molar-refractivity contribution in [2.24, 2.45) is 0 Å². The van der Waals surface area contributed by atoms with Crippen LogP contribution in [0.1, 0.15) is 64.7 Å². The van der Waals surface area contributed by atoms with Crippen molar-refractivity contribution in [2.45, 2.75) is 76.4 Å². The largest absolute Gasteiger partial charge is 0.361 e. The molecule has 1 nitrogen and oxygen atoms in total. The highest BCUT2D eigenvalue weighted by atomic mass is 16.6. The van der Waals surface area contributed by atoms with Gasteiger partial charge in [-0.2, -0.15) is 0 Å². The summed E-state index contributed by atoms with van der Waals surface area (Å²) in [6, 6.07) is 0. The van der Waals surface area contributed by atoms with E-state index in [2.05, 4.69) is 13.5 Å². The maximum atomic E-state index is 5.78. The number of unbranched alkanes of at least 4 members (excludes halogenated alkanes) is 4. The first-order valence-electron chi connectivity index (χ1n) is 6.65. The Bertz CT molecular complexity index is 233. The van der Waals surface area contributed by atoms with Crippen LogP contribution in [0.3, 0.4) is 0 Å². The van der Waals surface area contributed by atoms with E-state index in [0.717, 1.165) is 0 Å². The quantitative estimate of drug-likeness (QED) is 0.346. The molecule has 0 radical (unpaired) electrons. The van der Waals surface area contributed by atoms with E-state index in [1.165, 1.54) is 63.4 Å². The Morgan fingerprint density at radius 1 is 1.33 bits per heavy atom. The van der Waals surface area contributed by atoms with Gasteiger partial charge in [0.15, 0.2) is 0 Å². The van der Waals surface area contributed by atoms with Gasteiger partial charge in [-0.05, 0) is 37.7 Å². The molecule has 1 saturated carbocycles. The second-order valence-corrected chi connectivity index (χ2v) is 5.16. The topological polar surface area (TPSA) is 12.5 Å². The maximum absolute atomic E-state index is 5.78. The number of epoxide rings is 1. The Morgan fingerprint density at radius 2 is 2.13 bits per heavy atom. The predicted octanol–water partition coefficient (Wildman–Crippen LogP) is 4.22. The minimum absolute atomic E-state index is 0.171. The molecule has 0 bridgehead atoms. The van der Waals surface area contributed by atoms with E-state index in [1.54, 1.807) is 0 Å². The van der Waals surface area contributed by atoms with Gasteiger partial charge in [0.25, 0.3) is 0 Å². The van der Waals surface area contributed by atoms with E-state index in [1.807, 2.05) is 0 Å². The van der Waals surface area contributed by atoms with Crippen molar-refractivity contribution in [3.8, 4) is 0 Å². The molecule has 0 amide bonds. The normalized spacial score (nSPS) is 32.7. The van der Waals surface area contributed by atoms with Crippen molar-refractivity contribution in [3.63, 3.8) is 0 Å². The van der Waals surface area contributed by atoms with Gasteiger partial charge in [0.1, 0.15) is 5.60 Å². The summed E-state index contributed by atoms with van der Waals surface area (Å²) in [6.45, 7) is 6.51. The average molecular weight is 208 g/mol. The lowest BCUT2D eigenvalue weighted by molar-refractivity contribution is 0.272. The lowest BCUT2D eigenvalue weighted by atomic mass is 9.93. The van der Waals surface area contributed by atoms with Gasteiger partial charge in [-0.1, -0.05) is 39.2 Å². The summed E-state index contributed by atoms with van der Waals surface area (Å²) in [6.07, 6.45) is 12.4. The Labute approximate surface area is 93.9 Å². The van der Waals surface area contributed by atoms with E-state index in [0.29, 0.717) is 6.10 Å². The third-order valence-corrected chi connectivity index (χ3v) is 4.01. The van der Waals surface area contributed by atoms with Crippen molar-refractivity contribution in [3.05, 3.63) is 12.2 Å². The summed E-state index contributed by atoms with van der Waals surface area (Å²) in [5, 5.41) is 0. The van der Waals surface area contributed by atoms with E-state index >= 15 is 0 Å². The standard InChI is InChI=1S/C14H24O/c1-3-4-5-6-7-9-12(2)14-11-8-10-13(14)15-14/h13H,2-11H2,1H3. The Hall–Kier alpha value is -0.300. The molecule has 1 aliphatic heterocycles. The minimum Gasteiger partial charge on any atom is -0.361 e. The van der Waals surface area contributed by atoms with Gasteiger partial charge >= 0.3 is 0 Å². The first-order chi connectivity index (χ1) is 7.29. The summed E-state index contributed by atoms with van der Waals surface area (Å²) in [7, 11) is 0. The highest BCUT2D eigenvalue weighted by molar-refractivity contribution is 5.27. The number of hydrogen-bond donors (Lipinski definition) is 0. The molecule has 2 atom stereocenters. The van der Waals surface area contributed by atoms with Crippen LogP contribution in [0, 0.1) is 0 Å². The third-order valence-electron chi connectivity index (χ3n) is 4.01. The van der Waals surface area contributed by atoms with E-state index in [-0.39, 0.29) is 5.60 Å². The van der Waals surface area contributed by atoms with Gasteiger partial charge in [0.2, 0.25) is 0 Å². The molecule has 0 aromatic heterocycles. The number of ether oxygens (including phenoxy) is 1. The van der Waals surface area contributed by atoms with Crippen LogP contribution in [0.15, 0.2) is 12.2 Å². The van der Waals surface area contributed by atoms with Gasteiger partial charge in [-0.3, -0.25) is 0 Å². The molecule has 86 valence electrons.